The molecule has 27 heavy (non-hydrogen) atoms. The molecule has 0 radical (unpaired) electrons. The van der Waals surface area contributed by atoms with Gasteiger partial charge in [-0.25, -0.2) is 0 Å². The Hall–Kier alpha value is -3.46. The topological polar surface area (TPSA) is 49.7 Å². The third-order valence-corrected chi connectivity index (χ3v) is 5.55. The van der Waals surface area contributed by atoms with Crippen LogP contribution >= 0.6 is 0 Å². The van der Waals surface area contributed by atoms with Gasteiger partial charge in [-0.3, -0.25) is 0 Å². The van der Waals surface area contributed by atoms with Crippen LogP contribution in [-0.2, 0) is 5.41 Å². The Labute approximate surface area is 157 Å². The van der Waals surface area contributed by atoms with Crippen LogP contribution in [0.4, 0.5) is 0 Å². The van der Waals surface area contributed by atoms with Crippen LogP contribution in [0.1, 0.15) is 23.6 Å². The number of aromatic hydroxyl groups is 2. The maximum absolute atomic E-state index is 9.94. The molecule has 0 aromatic heterocycles. The number of hydrogen-bond acceptors (Lipinski definition) is 3. The van der Waals surface area contributed by atoms with Gasteiger partial charge in [0.05, 0.1) is 0 Å². The number of phenolic OH excluding ortho intramolecular Hbond substituents is 2. The summed E-state index contributed by atoms with van der Waals surface area (Å²) in [5.74, 6) is 1.50. The summed E-state index contributed by atoms with van der Waals surface area (Å²) in [6.07, 6.45) is 0. The summed E-state index contributed by atoms with van der Waals surface area (Å²) in [6.45, 7) is 2.16. The van der Waals surface area contributed by atoms with Crippen LogP contribution in [0.5, 0.6) is 23.0 Å². The summed E-state index contributed by atoms with van der Waals surface area (Å²) in [4.78, 5) is 0. The average Bonchev–Trinajstić information content (AvgIpc) is 2.67. The highest BCUT2D eigenvalue weighted by atomic mass is 16.5. The van der Waals surface area contributed by atoms with Gasteiger partial charge in [0.2, 0.25) is 0 Å². The van der Waals surface area contributed by atoms with E-state index < -0.39 is 5.41 Å². The second-order valence-corrected chi connectivity index (χ2v) is 7.15. The fourth-order valence-electron chi connectivity index (χ4n) is 4.09. The number of hydrogen-bond donors (Lipinski definition) is 2. The van der Waals surface area contributed by atoms with Gasteiger partial charge in [0, 0.05) is 28.7 Å². The molecule has 0 aliphatic carbocycles. The van der Waals surface area contributed by atoms with Gasteiger partial charge >= 0.3 is 0 Å². The van der Waals surface area contributed by atoms with E-state index in [2.05, 4.69) is 37.3 Å². The molecular formula is C24H18O3. The Bertz CT molecular complexity index is 1140. The van der Waals surface area contributed by atoms with Gasteiger partial charge in [-0.15, -0.1) is 0 Å². The number of phenols is 2. The number of ether oxygens (including phenoxy) is 1. The van der Waals surface area contributed by atoms with Crippen LogP contribution in [0.15, 0.2) is 78.9 Å². The Morgan fingerprint density at radius 3 is 1.89 bits per heavy atom. The Morgan fingerprint density at radius 2 is 1.26 bits per heavy atom. The monoisotopic (exact) mass is 354 g/mol. The van der Waals surface area contributed by atoms with E-state index in [9.17, 15) is 10.2 Å². The van der Waals surface area contributed by atoms with Gasteiger partial charge in [0.1, 0.15) is 23.0 Å². The molecule has 4 aromatic carbocycles. The molecule has 132 valence electrons. The molecule has 1 aliphatic heterocycles. The van der Waals surface area contributed by atoms with Gasteiger partial charge in [-0.05, 0) is 41.5 Å². The zero-order valence-corrected chi connectivity index (χ0v) is 14.8. The molecule has 0 amide bonds. The zero-order chi connectivity index (χ0) is 18.6. The quantitative estimate of drug-likeness (QED) is 0.460. The summed E-state index contributed by atoms with van der Waals surface area (Å²) in [6, 6.07) is 25.2. The van der Waals surface area contributed by atoms with E-state index in [1.165, 1.54) is 10.8 Å². The van der Waals surface area contributed by atoms with Crippen LogP contribution in [0.3, 0.4) is 0 Å². The molecule has 2 N–H and O–H groups in total. The largest absolute Gasteiger partial charge is 0.508 e. The first kappa shape index (κ1) is 15.8. The molecular weight excluding hydrogens is 336 g/mol. The Morgan fingerprint density at radius 1 is 0.667 bits per heavy atom. The summed E-state index contributed by atoms with van der Waals surface area (Å²) < 4.78 is 6.02. The number of rotatable bonds is 1. The highest BCUT2D eigenvalue weighted by Gasteiger charge is 2.40. The highest BCUT2D eigenvalue weighted by Crippen LogP contribution is 2.53. The summed E-state index contributed by atoms with van der Waals surface area (Å²) in [5, 5.41) is 22.2. The van der Waals surface area contributed by atoms with Crippen molar-refractivity contribution in [1.29, 1.82) is 0 Å². The van der Waals surface area contributed by atoms with Crippen molar-refractivity contribution in [3.05, 3.63) is 95.6 Å². The van der Waals surface area contributed by atoms with Crippen molar-refractivity contribution < 1.29 is 14.9 Å². The third kappa shape index (κ3) is 2.28. The van der Waals surface area contributed by atoms with Crippen molar-refractivity contribution in [1.82, 2.24) is 0 Å². The van der Waals surface area contributed by atoms with E-state index in [0.29, 0.717) is 11.5 Å². The van der Waals surface area contributed by atoms with Crippen molar-refractivity contribution in [2.75, 3.05) is 0 Å². The molecule has 0 fully saturated rings. The Kier molecular flexibility index (Phi) is 3.22. The molecule has 0 unspecified atom stereocenters. The Balaban J connectivity index is 1.83. The van der Waals surface area contributed by atoms with Crippen molar-refractivity contribution in [3.8, 4) is 23.0 Å². The lowest BCUT2D eigenvalue weighted by molar-refractivity contribution is 0.410. The van der Waals surface area contributed by atoms with Gasteiger partial charge in [0.15, 0.2) is 0 Å². The average molecular weight is 354 g/mol. The standard InChI is InChI=1S/C24H18O3/c1-24(17-7-6-15-4-2-3-5-16(15)12-17)20-10-8-18(25)13-22(20)27-23-14-19(26)9-11-21(23)24/h2-14,25-26H,1H3. The lowest BCUT2D eigenvalue weighted by atomic mass is 9.69. The van der Waals surface area contributed by atoms with Crippen molar-refractivity contribution in [2.45, 2.75) is 12.3 Å². The van der Waals surface area contributed by atoms with Crippen LogP contribution in [0, 0.1) is 0 Å². The lowest BCUT2D eigenvalue weighted by Gasteiger charge is -2.38. The van der Waals surface area contributed by atoms with E-state index >= 15 is 0 Å². The molecule has 3 heteroatoms. The smallest absolute Gasteiger partial charge is 0.135 e. The minimum atomic E-state index is -0.478. The second kappa shape index (κ2) is 5.52. The maximum atomic E-state index is 9.94. The predicted octanol–water partition coefficient (Wildman–Crippen LogP) is 5.71. The fourth-order valence-corrected chi connectivity index (χ4v) is 4.09. The molecule has 0 saturated carbocycles. The van der Waals surface area contributed by atoms with Gasteiger partial charge in [-0.1, -0.05) is 48.5 Å². The summed E-state index contributed by atoms with van der Waals surface area (Å²) in [5.41, 5.74) is 2.61. The predicted molar refractivity (Wildman–Crippen MR) is 106 cm³/mol. The highest BCUT2D eigenvalue weighted by molar-refractivity contribution is 5.84. The molecule has 0 spiro atoms. The fraction of sp³-hybridized carbons (Fsp3) is 0.0833. The van der Waals surface area contributed by atoms with Crippen LogP contribution in [0.2, 0.25) is 0 Å². The van der Waals surface area contributed by atoms with Crippen LogP contribution < -0.4 is 4.74 Å². The van der Waals surface area contributed by atoms with E-state index in [1.807, 2.05) is 24.3 Å². The molecule has 1 aliphatic rings. The number of fused-ring (bicyclic) bond motifs is 3. The molecule has 0 saturated heterocycles. The van der Waals surface area contributed by atoms with E-state index in [0.717, 1.165) is 16.7 Å². The molecule has 4 aromatic rings. The second-order valence-electron chi connectivity index (χ2n) is 7.15. The molecule has 5 rings (SSSR count). The first-order valence-electron chi connectivity index (χ1n) is 8.90. The van der Waals surface area contributed by atoms with Crippen molar-refractivity contribution >= 4 is 10.8 Å². The minimum absolute atomic E-state index is 0.151. The van der Waals surface area contributed by atoms with Gasteiger partial charge in [0.25, 0.3) is 0 Å². The third-order valence-electron chi connectivity index (χ3n) is 5.55. The van der Waals surface area contributed by atoms with Crippen LogP contribution in [-0.4, -0.2) is 10.2 Å². The van der Waals surface area contributed by atoms with Crippen LogP contribution in [0.25, 0.3) is 10.8 Å². The van der Waals surface area contributed by atoms with E-state index in [-0.39, 0.29) is 11.5 Å². The first-order valence-corrected chi connectivity index (χ1v) is 8.90. The minimum Gasteiger partial charge on any atom is -0.508 e. The number of benzene rings is 4. The first-order chi connectivity index (χ1) is 13.1. The molecule has 3 nitrogen and oxygen atoms in total. The summed E-state index contributed by atoms with van der Waals surface area (Å²) >= 11 is 0. The van der Waals surface area contributed by atoms with Gasteiger partial charge < -0.3 is 14.9 Å². The van der Waals surface area contributed by atoms with E-state index in [1.54, 1.807) is 24.3 Å². The lowest BCUT2D eigenvalue weighted by Crippen LogP contribution is -2.29. The van der Waals surface area contributed by atoms with E-state index in [4.69, 9.17) is 4.74 Å². The zero-order valence-electron chi connectivity index (χ0n) is 14.8. The van der Waals surface area contributed by atoms with Crippen molar-refractivity contribution in [3.63, 3.8) is 0 Å². The molecule has 0 atom stereocenters. The summed E-state index contributed by atoms with van der Waals surface area (Å²) in [7, 11) is 0. The molecule has 1 heterocycles. The SMILES string of the molecule is CC1(c2ccc3ccccc3c2)c2ccc(O)cc2Oc2cc(O)ccc21. The van der Waals surface area contributed by atoms with Gasteiger partial charge in [-0.2, -0.15) is 0 Å². The maximum Gasteiger partial charge on any atom is 0.135 e. The van der Waals surface area contributed by atoms with Crippen molar-refractivity contribution in [2.24, 2.45) is 0 Å². The normalized spacial score (nSPS) is 14.3. The molecule has 0 bridgehead atoms.